The van der Waals surface area contributed by atoms with Crippen molar-refractivity contribution in [2.75, 3.05) is 128 Å². The molecule has 18 nitrogen and oxygen atoms in total. The zero-order valence-electron chi connectivity index (χ0n) is 49.8. The summed E-state index contributed by atoms with van der Waals surface area (Å²) in [6.45, 7) is 8.85. The second-order valence-corrected chi connectivity index (χ2v) is 26.2. The van der Waals surface area contributed by atoms with Gasteiger partial charge >= 0.3 is 12.0 Å². The van der Waals surface area contributed by atoms with Crippen LogP contribution in [0.1, 0.15) is 72.5 Å². The number of carbonyl (C=O) groups is 2. The van der Waals surface area contributed by atoms with Gasteiger partial charge in [0.15, 0.2) is 0 Å². The third-order valence-corrected chi connectivity index (χ3v) is 21.5. The number of likely N-dealkylation sites (tertiary alicyclic amines) is 2. The Kier molecular flexibility index (Phi) is 15.4. The lowest BCUT2D eigenvalue weighted by molar-refractivity contribution is -0.182. The molecule has 0 N–H and O–H groups in total. The van der Waals surface area contributed by atoms with Crippen molar-refractivity contribution in [2.24, 2.45) is 35.5 Å². The zero-order valence-corrected chi connectivity index (χ0v) is 51.3. The number of halogens is 2. The van der Waals surface area contributed by atoms with Crippen molar-refractivity contribution in [3.05, 3.63) is 105 Å². The Hall–Kier alpha value is -6.28. The molecular weight excluding hydrogens is 1120 g/mol. The van der Waals surface area contributed by atoms with E-state index in [1.807, 2.05) is 12.1 Å². The fourth-order valence-corrected chi connectivity index (χ4v) is 16.4. The number of piperidine rings is 2. The maximum absolute atomic E-state index is 13.4. The fourth-order valence-electron chi connectivity index (χ4n) is 15.9. The van der Waals surface area contributed by atoms with Gasteiger partial charge in [-0.2, -0.15) is 19.9 Å². The summed E-state index contributed by atoms with van der Waals surface area (Å²) in [7, 11) is 10.9. The Morgan fingerprint density at radius 2 is 1.21 bits per heavy atom. The second kappa shape index (κ2) is 23.1. The number of hydroxylamine groups is 4. The second-order valence-electron chi connectivity index (χ2n) is 25.4. The van der Waals surface area contributed by atoms with E-state index in [0.717, 1.165) is 181 Å². The molecule has 2 aliphatic carbocycles. The maximum atomic E-state index is 13.4. The smallest absolute Gasteiger partial charge is 0.318 e. The SMILES string of the molecule is CON(C)C(=O)C1C[C@@H]2CCN(c3nc(OC[C@@H]4CCCN4C)nc4c3CCN(c3cccc5c(C6C[C@@H](COc7nc8c(c(N9CC[C@@H]%10C(C(=O)N(C)OC)[C@@H]%10C9)n7)CCN(c7cccc9cccc(Cl)c79)C8)N(C)C6)ccc(Cl)c35)C4)C[C@H]12. The molecule has 448 valence electrons. The summed E-state index contributed by atoms with van der Waals surface area (Å²) in [4.78, 5) is 72.7. The summed E-state index contributed by atoms with van der Waals surface area (Å²) >= 11 is 14.2. The van der Waals surface area contributed by atoms with Crippen LogP contribution in [0.25, 0.3) is 21.5 Å². The topological polar surface area (TPSA) is 149 Å². The van der Waals surface area contributed by atoms with Crippen LogP contribution in [0.15, 0.2) is 66.7 Å². The fraction of sp³-hybridized carbons (Fsp3) is 0.538. The number of aromatic nitrogens is 4. The lowest BCUT2D eigenvalue weighted by atomic mass is 9.61. The van der Waals surface area contributed by atoms with Gasteiger partial charge in [-0.05, 0) is 142 Å². The molecule has 2 saturated carbocycles. The first-order chi connectivity index (χ1) is 41.3. The third-order valence-electron chi connectivity index (χ3n) is 20.9. The van der Waals surface area contributed by atoms with Gasteiger partial charge in [-0.3, -0.25) is 24.2 Å². The number of likely N-dealkylation sites (N-methyl/N-ethyl adjacent to an activating group) is 2. The van der Waals surface area contributed by atoms with Crippen molar-refractivity contribution in [1.29, 1.82) is 0 Å². The Labute approximate surface area is 508 Å². The Morgan fingerprint density at radius 3 is 1.88 bits per heavy atom. The van der Waals surface area contributed by atoms with Crippen LogP contribution in [0, 0.1) is 35.5 Å². The molecule has 0 bridgehead atoms. The van der Waals surface area contributed by atoms with Crippen LogP contribution < -0.4 is 29.1 Å². The quantitative estimate of drug-likeness (QED) is 0.0901. The first-order valence-corrected chi connectivity index (χ1v) is 31.5. The predicted octanol–water partition coefficient (Wildman–Crippen LogP) is 8.92. The number of anilines is 4. The summed E-state index contributed by atoms with van der Waals surface area (Å²) in [6, 6.07) is 24.6. The minimum atomic E-state index is -0.0568. The highest BCUT2D eigenvalue weighted by molar-refractivity contribution is 6.37. The molecule has 8 aliphatic rings. The number of fused-ring (bicyclic) bond motifs is 6. The van der Waals surface area contributed by atoms with E-state index in [2.05, 4.69) is 98.1 Å². The number of hydrogen-bond donors (Lipinski definition) is 0. The number of ether oxygens (including phenoxy) is 2. The Morgan fingerprint density at radius 1 is 0.600 bits per heavy atom. The molecule has 4 saturated heterocycles. The van der Waals surface area contributed by atoms with Crippen molar-refractivity contribution in [3.63, 3.8) is 0 Å². The van der Waals surface area contributed by atoms with Gasteiger partial charge in [0, 0.05) is 117 Å². The molecule has 6 aliphatic heterocycles. The van der Waals surface area contributed by atoms with E-state index in [0.29, 0.717) is 56.2 Å². The first-order valence-electron chi connectivity index (χ1n) is 30.8. The molecule has 2 amide bonds. The molecule has 2 aromatic heterocycles. The zero-order chi connectivity index (χ0) is 58.4. The van der Waals surface area contributed by atoms with Gasteiger partial charge in [0.05, 0.1) is 48.7 Å². The van der Waals surface area contributed by atoms with Gasteiger partial charge in [-0.25, -0.2) is 10.1 Å². The lowest BCUT2D eigenvalue weighted by Gasteiger charge is -2.51. The Bertz CT molecular complexity index is 3560. The highest BCUT2D eigenvalue weighted by Gasteiger charge is 2.58. The van der Waals surface area contributed by atoms with Crippen molar-refractivity contribution in [3.8, 4) is 12.0 Å². The molecule has 85 heavy (non-hydrogen) atoms. The summed E-state index contributed by atoms with van der Waals surface area (Å²) < 4.78 is 13.4. The van der Waals surface area contributed by atoms with Crippen molar-refractivity contribution in [2.45, 2.75) is 82.5 Å². The Balaban J connectivity index is 0.712. The van der Waals surface area contributed by atoms with Gasteiger partial charge in [-0.1, -0.05) is 65.7 Å². The van der Waals surface area contributed by atoms with Crippen molar-refractivity contribution in [1.82, 2.24) is 39.9 Å². The normalized spacial score (nSPS) is 26.4. The van der Waals surface area contributed by atoms with E-state index in [9.17, 15) is 9.59 Å². The van der Waals surface area contributed by atoms with Crippen LogP contribution in [0.5, 0.6) is 12.0 Å². The average Bonchev–Trinajstić information content (AvgIpc) is 2.16. The van der Waals surface area contributed by atoms with Crippen LogP contribution in [0.4, 0.5) is 23.0 Å². The van der Waals surface area contributed by atoms with Gasteiger partial charge in [0.2, 0.25) is 11.8 Å². The average molecular weight is 1190 g/mol. The number of benzene rings is 4. The van der Waals surface area contributed by atoms with E-state index < -0.39 is 0 Å². The molecule has 0 radical (unpaired) electrons. The van der Waals surface area contributed by atoms with E-state index in [1.165, 1.54) is 15.7 Å². The molecule has 4 aromatic carbocycles. The van der Waals surface area contributed by atoms with Crippen LogP contribution >= 0.6 is 23.2 Å². The van der Waals surface area contributed by atoms with E-state index in [1.54, 1.807) is 28.3 Å². The van der Waals surface area contributed by atoms with E-state index in [-0.39, 0.29) is 47.4 Å². The maximum Gasteiger partial charge on any atom is 0.318 e. The third kappa shape index (κ3) is 10.4. The van der Waals surface area contributed by atoms with Crippen molar-refractivity contribution >= 4 is 79.6 Å². The number of rotatable bonds is 15. The lowest BCUT2D eigenvalue weighted by Crippen LogP contribution is -2.55. The minimum Gasteiger partial charge on any atom is -0.462 e. The predicted molar refractivity (Wildman–Crippen MR) is 331 cm³/mol. The molecule has 6 aromatic rings. The standard InChI is InChI=1S/C65H78Cl2N12O6/c1-72-24-10-13-41(72)36-84-64-68-54-35-77(27-23-46(54)60(70-64)78-25-20-39-30-48(49(39)32-78)62(80)74(3)82-5)56-17-9-14-44-43(18-19-52(67)59(44)56)40-29-42(73(2)31-40)37-85-65-69-53-34-76(55-16-8-12-38-11-7-15-51(66)57(38)55)26-22-47(53)61(71-65)79-28-21-45-50(33-79)58(45)63(81)75(4)83-6/h7-9,11-12,14-19,39-42,45,48-50,58H,10,13,20-37H2,1-6H3/t39-,40?,41-,42-,45-,48?,49-,50+,58?/m0/s1. The number of carbonyl (C=O) groups excluding carboxylic acids is 2. The molecule has 0 spiro atoms. The van der Waals surface area contributed by atoms with Crippen LogP contribution in [-0.2, 0) is 45.2 Å². The summed E-state index contributed by atoms with van der Waals surface area (Å²) in [5, 5.41) is 8.59. The molecule has 3 unspecified atom stereocenters. The summed E-state index contributed by atoms with van der Waals surface area (Å²) in [6.07, 6.45) is 7.51. The van der Waals surface area contributed by atoms with Crippen LogP contribution in [-0.4, -0.2) is 172 Å². The van der Waals surface area contributed by atoms with Gasteiger partial charge in [0.25, 0.3) is 0 Å². The van der Waals surface area contributed by atoms with Crippen LogP contribution in [0.2, 0.25) is 10.0 Å². The van der Waals surface area contributed by atoms with Crippen LogP contribution in [0.3, 0.4) is 0 Å². The molecule has 6 fully saturated rings. The van der Waals surface area contributed by atoms with Gasteiger partial charge < -0.3 is 34.0 Å². The largest absolute Gasteiger partial charge is 0.462 e. The van der Waals surface area contributed by atoms with Gasteiger partial charge in [-0.15, -0.1) is 0 Å². The molecular formula is C65H78Cl2N12O6. The number of nitrogens with zero attached hydrogens (tertiary/aromatic N) is 12. The summed E-state index contributed by atoms with van der Waals surface area (Å²) in [5.41, 5.74) is 7.70. The minimum absolute atomic E-state index is 0.0431. The molecule has 8 heterocycles. The van der Waals surface area contributed by atoms with Gasteiger partial charge in [0.1, 0.15) is 24.8 Å². The highest BCUT2D eigenvalue weighted by atomic mass is 35.5. The van der Waals surface area contributed by atoms with Crippen molar-refractivity contribution < 1.29 is 28.7 Å². The molecule has 20 heteroatoms. The molecule has 14 rings (SSSR count). The molecule has 9 atom stereocenters. The first kappa shape index (κ1) is 56.5. The highest BCUT2D eigenvalue weighted by Crippen LogP contribution is 2.54. The van der Waals surface area contributed by atoms with E-state index >= 15 is 0 Å². The monoisotopic (exact) mass is 1190 g/mol. The number of hydrogen-bond acceptors (Lipinski definition) is 16. The number of amides is 2. The van der Waals surface area contributed by atoms with E-state index in [4.69, 9.17) is 62.3 Å². The summed E-state index contributed by atoms with van der Waals surface area (Å²) in [5.74, 6) is 3.47.